The summed E-state index contributed by atoms with van der Waals surface area (Å²) in [5, 5.41) is 6.20. The predicted molar refractivity (Wildman–Crippen MR) is 110 cm³/mol. The van der Waals surface area contributed by atoms with Crippen LogP contribution < -0.4 is 21.1 Å². The molecule has 0 aromatic heterocycles. The van der Waals surface area contributed by atoms with Crippen LogP contribution in [0.4, 0.5) is 17.1 Å². The lowest BCUT2D eigenvalue weighted by atomic mass is 10.1. The van der Waals surface area contributed by atoms with E-state index >= 15 is 0 Å². The smallest absolute Gasteiger partial charge is 0.253 e. The molecule has 0 bridgehead atoms. The van der Waals surface area contributed by atoms with Crippen molar-refractivity contribution in [2.45, 2.75) is 19.9 Å². The maximum absolute atomic E-state index is 12.6. The second-order valence-electron chi connectivity index (χ2n) is 6.47. The van der Waals surface area contributed by atoms with Crippen LogP contribution in [-0.2, 0) is 0 Å². The molecular weight excluding hydrogens is 338 g/mol. The van der Waals surface area contributed by atoms with Gasteiger partial charge in [-0.05, 0) is 56.3 Å². The number of para-hydroxylation sites is 3. The first-order chi connectivity index (χ1) is 13.0. The minimum absolute atomic E-state index is 0.0282. The molecule has 0 saturated carbocycles. The fraction of sp³-hybridized carbons (Fsp3) is 0.136. The zero-order valence-electron chi connectivity index (χ0n) is 15.4. The summed E-state index contributed by atoms with van der Waals surface area (Å²) in [6.07, 6.45) is 0. The molecule has 0 unspecified atom stereocenters. The summed E-state index contributed by atoms with van der Waals surface area (Å²) in [6.45, 7) is 3.83. The van der Waals surface area contributed by atoms with E-state index in [1.165, 1.54) is 0 Å². The molecule has 3 aromatic rings. The van der Waals surface area contributed by atoms with Crippen LogP contribution in [0, 0.1) is 0 Å². The molecular formula is C22H23N3O2. The molecule has 0 heterocycles. The summed E-state index contributed by atoms with van der Waals surface area (Å²) in [4.78, 5) is 12.6. The third-order valence-electron chi connectivity index (χ3n) is 3.84. The second kappa shape index (κ2) is 8.27. The Labute approximate surface area is 159 Å². The molecule has 3 rings (SSSR count). The van der Waals surface area contributed by atoms with Crippen molar-refractivity contribution in [2.75, 3.05) is 11.1 Å². The highest BCUT2D eigenvalue weighted by Gasteiger charge is 2.14. The molecule has 1 amide bonds. The number of nitrogens with two attached hydrogens (primary N) is 1. The second-order valence-corrected chi connectivity index (χ2v) is 6.47. The van der Waals surface area contributed by atoms with Gasteiger partial charge in [0.05, 0.1) is 16.9 Å². The molecule has 4 N–H and O–H groups in total. The summed E-state index contributed by atoms with van der Waals surface area (Å²) in [7, 11) is 0. The third-order valence-corrected chi connectivity index (χ3v) is 3.84. The van der Waals surface area contributed by atoms with Crippen LogP contribution in [0.15, 0.2) is 72.8 Å². The van der Waals surface area contributed by atoms with Crippen molar-refractivity contribution in [3.05, 3.63) is 78.4 Å². The number of hydrogen-bond acceptors (Lipinski definition) is 4. The Morgan fingerprint density at radius 3 is 2.37 bits per heavy atom. The third kappa shape index (κ3) is 4.79. The van der Waals surface area contributed by atoms with Crippen molar-refractivity contribution in [2.24, 2.45) is 0 Å². The monoisotopic (exact) mass is 361 g/mol. The molecule has 27 heavy (non-hydrogen) atoms. The molecule has 0 aliphatic carbocycles. The van der Waals surface area contributed by atoms with Crippen LogP contribution in [0.1, 0.15) is 24.2 Å². The van der Waals surface area contributed by atoms with E-state index < -0.39 is 0 Å². The van der Waals surface area contributed by atoms with Crippen LogP contribution >= 0.6 is 0 Å². The van der Waals surface area contributed by atoms with Crippen molar-refractivity contribution in [3.63, 3.8) is 0 Å². The number of amides is 1. The Hall–Kier alpha value is -3.47. The van der Waals surface area contributed by atoms with E-state index in [0.29, 0.717) is 22.7 Å². The van der Waals surface area contributed by atoms with Crippen LogP contribution in [0.2, 0.25) is 0 Å². The zero-order valence-corrected chi connectivity index (χ0v) is 15.4. The van der Waals surface area contributed by atoms with Crippen LogP contribution in [0.3, 0.4) is 0 Å². The quantitative estimate of drug-likeness (QED) is 0.543. The lowest BCUT2D eigenvalue weighted by molar-refractivity contribution is 0.0944. The molecule has 0 spiro atoms. The van der Waals surface area contributed by atoms with E-state index in [4.69, 9.17) is 10.5 Å². The van der Waals surface area contributed by atoms with E-state index in [9.17, 15) is 4.79 Å². The molecule has 0 aliphatic heterocycles. The Bertz CT molecular complexity index is 924. The van der Waals surface area contributed by atoms with Gasteiger partial charge in [0.2, 0.25) is 0 Å². The zero-order chi connectivity index (χ0) is 19.2. The van der Waals surface area contributed by atoms with Gasteiger partial charge in [-0.3, -0.25) is 4.79 Å². The lowest BCUT2D eigenvalue weighted by Crippen LogP contribution is -2.30. The van der Waals surface area contributed by atoms with Gasteiger partial charge in [-0.2, -0.15) is 0 Å². The van der Waals surface area contributed by atoms with Gasteiger partial charge in [-0.15, -0.1) is 0 Å². The molecule has 0 saturated heterocycles. The van der Waals surface area contributed by atoms with Gasteiger partial charge in [0.1, 0.15) is 5.75 Å². The van der Waals surface area contributed by atoms with Gasteiger partial charge in [0.25, 0.3) is 5.91 Å². The lowest BCUT2D eigenvalue weighted by Gasteiger charge is -2.17. The first kappa shape index (κ1) is 18.3. The Morgan fingerprint density at radius 1 is 0.926 bits per heavy atom. The van der Waals surface area contributed by atoms with E-state index in [2.05, 4.69) is 10.6 Å². The molecule has 0 fully saturated rings. The Balaban J connectivity index is 1.91. The minimum Gasteiger partial charge on any atom is -0.455 e. The maximum atomic E-state index is 12.6. The van der Waals surface area contributed by atoms with Gasteiger partial charge in [0.15, 0.2) is 5.75 Å². The number of nitrogen functional groups attached to an aromatic ring is 1. The first-order valence-corrected chi connectivity index (χ1v) is 8.82. The van der Waals surface area contributed by atoms with E-state index in [1.54, 1.807) is 18.2 Å². The molecule has 5 nitrogen and oxygen atoms in total. The number of carbonyl (C=O) groups excluding carboxylic acids is 1. The van der Waals surface area contributed by atoms with E-state index in [-0.39, 0.29) is 11.9 Å². The van der Waals surface area contributed by atoms with Gasteiger partial charge in [-0.25, -0.2) is 0 Å². The van der Waals surface area contributed by atoms with E-state index in [0.717, 1.165) is 11.4 Å². The molecule has 3 aromatic carbocycles. The summed E-state index contributed by atoms with van der Waals surface area (Å²) >= 11 is 0. The number of nitrogens with one attached hydrogen (secondary N) is 2. The highest BCUT2D eigenvalue weighted by atomic mass is 16.5. The summed E-state index contributed by atoms with van der Waals surface area (Å²) < 4.78 is 5.98. The summed E-state index contributed by atoms with van der Waals surface area (Å²) in [5.41, 5.74) is 8.32. The average molecular weight is 361 g/mol. The van der Waals surface area contributed by atoms with Gasteiger partial charge >= 0.3 is 0 Å². The van der Waals surface area contributed by atoms with E-state index in [1.807, 2.05) is 68.4 Å². The van der Waals surface area contributed by atoms with Crippen LogP contribution in [0.25, 0.3) is 0 Å². The number of ether oxygens (including phenoxy) is 1. The van der Waals surface area contributed by atoms with Crippen molar-refractivity contribution >= 4 is 23.0 Å². The number of anilines is 3. The van der Waals surface area contributed by atoms with Crippen molar-refractivity contribution in [1.29, 1.82) is 0 Å². The first-order valence-electron chi connectivity index (χ1n) is 8.82. The summed E-state index contributed by atoms with van der Waals surface area (Å²) in [5.74, 6) is 1.22. The largest absolute Gasteiger partial charge is 0.455 e. The minimum atomic E-state index is -0.179. The Kier molecular flexibility index (Phi) is 5.61. The number of rotatable bonds is 6. The van der Waals surface area contributed by atoms with Crippen molar-refractivity contribution in [3.8, 4) is 11.5 Å². The molecule has 138 valence electrons. The normalized spacial score (nSPS) is 10.5. The predicted octanol–water partition coefficient (Wildman–Crippen LogP) is 4.94. The maximum Gasteiger partial charge on any atom is 0.253 e. The number of hydrogen-bond donors (Lipinski definition) is 3. The fourth-order valence-electron chi connectivity index (χ4n) is 2.62. The average Bonchev–Trinajstić information content (AvgIpc) is 2.65. The van der Waals surface area contributed by atoms with Gasteiger partial charge < -0.3 is 21.1 Å². The van der Waals surface area contributed by atoms with Crippen molar-refractivity contribution in [1.82, 2.24) is 5.32 Å². The standard InChI is InChI=1S/C22H23N3O2/c1-15(2)24-22(26)18-14-16(23)12-13-19(18)25-20-10-6-7-11-21(20)27-17-8-4-3-5-9-17/h3-15,25H,23H2,1-2H3,(H,24,26). The molecule has 0 radical (unpaired) electrons. The number of carbonyl (C=O) groups is 1. The van der Waals surface area contributed by atoms with Gasteiger partial charge in [-0.1, -0.05) is 30.3 Å². The highest BCUT2D eigenvalue weighted by Crippen LogP contribution is 2.33. The highest BCUT2D eigenvalue weighted by molar-refractivity contribution is 6.01. The molecule has 0 atom stereocenters. The number of benzene rings is 3. The van der Waals surface area contributed by atoms with Crippen LogP contribution in [0.5, 0.6) is 11.5 Å². The topological polar surface area (TPSA) is 76.4 Å². The Morgan fingerprint density at radius 2 is 1.63 bits per heavy atom. The summed E-state index contributed by atoms with van der Waals surface area (Å²) in [6, 6.07) is 22.4. The van der Waals surface area contributed by atoms with Crippen molar-refractivity contribution < 1.29 is 9.53 Å². The fourth-order valence-corrected chi connectivity index (χ4v) is 2.62. The molecule has 0 aliphatic rings. The van der Waals surface area contributed by atoms with Gasteiger partial charge in [0, 0.05) is 11.7 Å². The molecule has 5 heteroatoms. The SMILES string of the molecule is CC(C)NC(=O)c1cc(N)ccc1Nc1ccccc1Oc1ccccc1. The van der Waals surface area contributed by atoms with Crippen LogP contribution in [-0.4, -0.2) is 11.9 Å².